The number of nitrogens with zero attached hydrogens (tertiary/aromatic N) is 1. The molecule has 0 radical (unpaired) electrons. The maximum atomic E-state index is 10.7. The van der Waals surface area contributed by atoms with Crippen LogP contribution in [0, 0.1) is 5.92 Å². The van der Waals surface area contributed by atoms with E-state index in [0.717, 1.165) is 25.3 Å². The summed E-state index contributed by atoms with van der Waals surface area (Å²) in [6.45, 7) is 10.2. The topological polar surface area (TPSA) is 88.7 Å². The molecule has 0 aliphatic rings. The summed E-state index contributed by atoms with van der Waals surface area (Å²) >= 11 is 0. The van der Waals surface area contributed by atoms with Crippen molar-refractivity contribution in [3.05, 3.63) is 29.8 Å². The molecule has 146 valence electrons. The van der Waals surface area contributed by atoms with E-state index in [1.807, 2.05) is 24.3 Å². The van der Waals surface area contributed by atoms with E-state index in [9.17, 15) is 4.79 Å². The van der Waals surface area contributed by atoms with E-state index >= 15 is 0 Å². The van der Waals surface area contributed by atoms with E-state index in [1.165, 1.54) is 12.0 Å². The first-order valence-corrected chi connectivity index (χ1v) is 9.45. The lowest BCUT2D eigenvalue weighted by atomic mass is 10.0. The van der Waals surface area contributed by atoms with Crippen LogP contribution in [-0.2, 0) is 11.2 Å². The van der Waals surface area contributed by atoms with Crippen LogP contribution >= 0.6 is 0 Å². The zero-order valence-electron chi connectivity index (χ0n) is 16.5. The monoisotopic (exact) mass is 362 g/mol. The Kier molecular flexibility index (Phi) is 10.2. The van der Waals surface area contributed by atoms with Crippen molar-refractivity contribution in [2.75, 3.05) is 19.7 Å². The van der Waals surface area contributed by atoms with Gasteiger partial charge >= 0.3 is 0 Å². The number of aliphatic imine (C=N–C) groups is 1. The Morgan fingerprint density at radius 3 is 2.46 bits per heavy atom. The lowest BCUT2D eigenvalue weighted by molar-refractivity contribution is -0.119. The second-order valence-corrected chi connectivity index (χ2v) is 6.93. The quantitative estimate of drug-likeness (QED) is 0.417. The van der Waals surface area contributed by atoms with Gasteiger partial charge < -0.3 is 21.1 Å². The van der Waals surface area contributed by atoms with Crippen molar-refractivity contribution < 1.29 is 9.53 Å². The van der Waals surface area contributed by atoms with E-state index in [1.54, 1.807) is 0 Å². The third-order valence-electron chi connectivity index (χ3n) is 3.88. The second kappa shape index (κ2) is 12.2. The van der Waals surface area contributed by atoms with Crippen molar-refractivity contribution >= 4 is 11.9 Å². The summed E-state index contributed by atoms with van der Waals surface area (Å²) in [7, 11) is 0. The first-order chi connectivity index (χ1) is 12.4. The minimum atomic E-state index is -0.477. The Bertz CT molecular complexity index is 555. The van der Waals surface area contributed by atoms with Crippen LogP contribution in [0.5, 0.6) is 5.75 Å². The number of hydrogen-bond acceptors (Lipinski definition) is 3. The minimum absolute atomic E-state index is 0.101. The molecule has 1 aromatic rings. The van der Waals surface area contributed by atoms with Crippen molar-refractivity contribution in [2.24, 2.45) is 16.6 Å². The van der Waals surface area contributed by atoms with Crippen LogP contribution < -0.4 is 21.1 Å². The molecular weight excluding hydrogens is 328 g/mol. The molecule has 1 unspecified atom stereocenters. The molecule has 0 saturated heterocycles. The number of primary amides is 1. The molecule has 0 spiro atoms. The Morgan fingerprint density at radius 2 is 1.88 bits per heavy atom. The van der Waals surface area contributed by atoms with Crippen LogP contribution in [0.15, 0.2) is 29.3 Å². The molecular formula is C20H34N4O2. The smallest absolute Gasteiger partial charge is 0.255 e. The van der Waals surface area contributed by atoms with Gasteiger partial charge in [-0.3, -0.25) is 9.79 Å². The fourth-order valence-electron chi connectivity index (χ4n) is 2.41. The van der Waals surface area contributed by atoms with Crippen LogP contribution in [0.3, 0.4) is 0 Å². The average Bonchev–Trinajstić information content (AvgIpc) is 2.59. The molecule has 0 heterocycles. The van der Waals surface area contributed by atoms with Crippen molar-refractivity contribution in [3.8, 4) is 5.75 Å². The molecule has 0 saturated carbocycles. The number of carbonyl (C=O) groups is 1. The number of ether oxygens (including phenoxy) is 1. The number of nitrogens with two attached hydrogens (primary N) is 1. The van der Waals surface area contributed by atoms with Crippen molar-refractivity contribution in [1.29, 1.82) is 0 Å². The first-order valence-electron chi connectivity index (χ1n) is 9.45. The molecule has 0 aliphatic carbocycles. The molecule has 0 bridgehead atoms. The molecule has 1 atom stereocenters. The molecule has 26 heavy (non-hydrogen) atoms. The minimum Gasteiger partial charge on any atom is -0.484 e. The Labute approximate surface area is 157 Å². The number of amides is 1. The van der Waals surface area contributed by atoms with Crippen molar-refractivity contribution in [3.63, 3.8) is 0 Å². The molecule has 0 aromatic heterocycles. The fourth-order valence-corrected chi connectivity index (χ4v) is 2.41. The van der Waals surface area contributed by atoms with E-state index < -0.39 is 5.91 Å². The number of nitrogens with one attached hydrogen (secondary N) is 2. The van der Waals surface area contributed by atoms with Gasteiger partial charge in [0.2, 0.25) is 0 Å². The summed E-state index contributed by atoms with van der Waals surface area (Å²) in [5, 5.41) is 6.77. The number of benzene rings is 1. The zero-order chi connectivity index (χ0) is 19.4. The van der Waals surface area contributed by atoms with Gasteiger partial charge in [-0.05, 0) is 56.7 Å². The standard InChI is InChI=1S/C20H34N4O2/c1-5-22-20(24-16(4)7-6-15(2)3)23-13-12-17-8-10-18(11-9-17)26-14-19(21)25/h8-11,15-16H,5-7,12-14H2,1-4H3,(H2,21,25)(H2,22,23,24). The maximum Gasteiger partial charge on any atom is 0.255 e. The van der Waals surface area contributed by atoms with Gasteiger partial charge in [0.05, 0.1) is 0 Å². The van der Waals surface area contributed by atoms with Crippen molar-refractivity contribution in [1.82, 2.24) is 10.6 Å². The van der Waals surface area contributed by atoms with Crippen LogP contribution in [0.1, 0.15) is 46.1 Å². The van der Waals surface area contributed by atoms with Gasteiger partial charge in [0.15, 0.2) is 12.6 Å². The van der Waals surface area contributed by atoms with Gasteiger partial charge in [-0.25, -0.2) is 0 Å². The van der Waals surface area contributed by atoms with E-state index in [2.05, 4.69) is 43.3 Å². The number of guanidine groups is 1. The summed E-state index contributed by atoms with van der Waals surface area (Å²) in [5.41, 5.74) is 6.24. The summed E-state index contributed by atoms with van der Waals surface area (Å²) in [6.07, 6.45) is 3.18. The molecule has 1 amide bonds. The predicted octanol–water partition coefficient (Wildman–Crippen LogP) is 2.47. The summed E-state index contributed by atoms with van der Waals surface area (Å²) in [5.74, 6) is 1.75. The van der Waals surface area contributed by atoms with Gasteiger partial charge in [-0.2, -0.15) is 0 Å². The van der Waals surface area contributed by atoms with Gasteiger partial charge in [0.1, 0.15) is 5.75 Å². The van der Waals surface area contributed by atoms with Crippen LogP contribution in [0.25, 0.3) is 0 Å². The zero-order valence-corrected chi connectivity index (χ0v) is 16.5. The first kappa shape index (κ1) is 21.8. The number of carbonyl (C=O) groups excluding carboxylic acids is 1. The van der Waals surface area contributed by atoms with Crippen LogP contribution in [-0.4, -0.2) is 37.6 Å². The SMILES string of the molecule is CCNC(=NCCc1ccc(OCC(N)=O)cc1)NC(C)CCC(C)C. The van der Waals surface area contributed by atoms with E-state index in [4.69, 9.17) is 10.5 Å². The third-order valence-corrected chi connectivity index (χ3v) is 3.88. The normalized spacial score (nSPS) is 12.7. The highest BCUT2D eigenvalue weighted by atomic mass is 16.5. The van der Waals surface area contributed by atoms with Gasteiger partial charge in [0, 0.05) is 19.1 Å². The van der Waals surface area contributed by atoms with E-state index in [-0.39, 0.29) is 6.61 Å². The summed E-state index contributed by atoms with van der Waals surface area (Å²) in [6, 6.07) is 8.06. The lowest BCUT2D eigenvalue weighted by Gasteiger charge is -2.18. The second-order valence-electron chi connectivity index (χ2n) is 6.93. The third kappa shape index (κ3) is 9.91. The van der Waals surface area contributed by atoms with Gasteiger partial charge in [-0.1, -0.05) is 26.0 Å². The number of rotatable bonds is 11. The highest BCUT2D eigenvalue weighted by Crippen LogP contribution is 2.12. The molecule has 0 aliphatic heterocycles. The van der Waals surface area contributed by atoms with Crippen LogP contribution in [0.2, 0.25) is 0 Å². The Hall–Kier alpha value is -2.24. The highest BCUT2D eigenvalue weighted by Gasteiger charge is 2.06. The predicted molar refractivity (Wildman–Crippen MR) is 107 cm³/mol. The van der Waals surface area contributed by atoms with Crippen molar-refractivity contribution in [2.45, 2.75) is 53.0 Å². The lowest BCUT2D eigenvalue weighted by Crippen LogP contribution is -2.42. The molecule has 1 rings (SSSR count). The fraction of sp³-hybridized carbons (Fsp3) is 0.600. The average molecular weight is 363 g/mol. The Balaban J connectivity index is 2.47. The van der Waals surface area contributed by atoms with Gasteiger partial charge in [0.25, 0.3) is 5.91 Å². The summed E-state index contributed by atoms with van der Waals surface area (Å²) < 4.78 is 5.26. The summed E-state index contributed by atoms with van der Waals surface area (Å²) in [4.78, 5) is 15.4. The molecule has 0 fully saturated rings. The molecule has 6 nitrogen and oxygen atoms in total. The van der Waals surface area contributed by atoms with E-state index in [0.29, 0.717) is 24.3 Å². The molecule has 4 N–H and O–H groups in total. The molecule has 1 aromatic carbocycles. The number of hydrogen-bond donors (Lipinski definition) is 3. The van der Waals surface area contributed by atoms with Gasteiger partial charge in [-0.15, -0.1) is 0 Å². The Morgan fingerprint density at radius 1 is 1.19 bits per heavy atom. The maximum absolute atomic E-state index is 10.7. The van der Waals surface area contributed by atoms with Crippen LogP contribution in [0.4, 0.5) is 0 Å². The highest BCUT2D eigenvalue weighted by molar-refractivity contribution is 5.80. The molecule has 6 heteroatoms. The largest absolute Gasteiger partial charge is 0.484 e.